The molecule has 0 bridgehead atoms. The zero-order valence-corrected chi connectivity index (χ0v) is 11.3. The Labute approximate surface area is 117 Å². The maximum Gasteiger partial charge on any atom is 0.200 e. The quantitative estimate of drug-likeness (QED) is 0.537. The molecule has 8 heteroatoms. The third kappa shape index (κ3) is 2.14. The number of aryl methyl sites for hydroxylation is 1. The van der Waals surface area contributed by atoms with Gasteiger partial charge in [0.2, 0.25) is 5.82 Å². The summed E-state index contributed by atoms with van der Waals surface area (Å²) in [6.07, 6.45) is 0.583. The Balaban J connectivity index is 2.85. The van der Waals surface area contributed by atoms with Crippen LogP contribution in [0.5, 0.6) is 0 Å². The van der Waals surface area contributed by atoms with Gasteiger partial charge in [0, 0.05) is 0 Å². The van der Waals surface area contributed by atoms with E-state index in [1.54, 1.807) is 13.8 Å². The molecule has 0 saturated heterocycles. The van der Waals surface area contributed by atoms with Crippen molar-refractivity contribution in [2.24, 2.45) is 0 Å². The van der Waals surface area contributed by atoms with Crippen LogP contribution in [0.4, 0.5) is 27.6 Å². The Morgan fingerprint density at radius 3 is 1.76 bits per heavy atom. The van der Waals surface area contributed by atoms with Crippen molar-refractivity contribution in [2.45, 2.75) is 26.7 Å². The summed E-state index contributed by atoms with van der Waals surface area (Å²) in [6.45, 7) is 3.34. The molecule has 21 heavy (non-hydrogen) atoms. The van der Waals surface area contributed by atoms with Crippen molar-refractivity contribution in [1.82, 2.24) is 9.78 Å². The van der Waals surface area contributed by atoms with E-state index in [4.69, 9.17) is 5.73 Å². The van der Waals surface area contributed by atoms with Gasteiger partial charge in [-0.15, -0.1) is 0 Å². The molecule has 2 aromatic rings. The standard InChI is InChI=1S/C13H12F5N3/c1-3-5-12(19)6(4-2)21(20-5)13-10(17)8(15)7(14)9(16)11(13)18/h3-4,19H2,1-2H3. The smallest absolute Gasteiger partial charge is 0.200 e. The number of nitrogen functional groups attached to an aromatic ring is 1. The summed E-state index contributed by atoms with van der Waals surface area (Å²) < 4.78 is 68.0. The third-order valence-corrected chi connectivity index (χ3v) is 3.17. The van der Waals surface area contributed by atoms with Crippen LogP contribution in [0.15, 0.2) is 0 Å². The molecule has 0 atom stereocenters. The normalized spacial score (nSPS) is 11.2. The monoisotopic (exact) mass is 305 g/mol. The minimum Gasteiger partial charge on any atom is -0.396 e. The molecule has 1 heterocycles. The molecule has 0 aliphatic rings. The van der Waals surface area contributed by atoms with Gasteiger partial charge in [0.05, 0.1) is 17.1 Å². The second kappa shape index (κ2) is 5.34. The van der Waals surface area contributed by atoms with E-state index in [9.17, 15) is 22.0 Å². The maximum atomic E-state index is 13.8. The van der Waals surface area contributed by atoms with Crippen LogP contribution in [0.25, 0.3) is 5.69 Å². The number of anilines is 1. The highest BCUT2D eigenvalue weighted by molar-refractivity contribution is 5.52. The summed E-state index contributed by atoms with van der Waals surface area (Å²) in [5, 5.41) is 3.86. The van der Waals surface area contributed by atoms with Crippen LogP contribution in [-0.2, 0) is 12.8 Å². The average Bonchev–Trinajstić information content (AvgIpc) is 2.79. The lowest BCUT2D eigenvalue weighted by atomic mass is 10.2. The Morgan fingerprint density at radius 1 is 0.857 bits per heavy atom. The maximum absolute atomic E-state index is 13.8. The van der Waals surface area contributed by atoms with E-state index >= 15 is 0 Å². The second-order valence-electron chi connectivity index (χ2n) is 4.34. The highest BCUT2D eigenvalue weighted by Crippen LogP contribution is 2.29. The first-order valence-corrected chi connectivity index (χ1v) is 6.23. The first-order valence-electron chi connectivity index (χ1n) is 6.23. The van der Waals surface area contributed by atoms with E-state index in [2.05, 4.69) is 5.10 Å². The van der Waals surface area contributed by atoms with Gasteiger partial charge in [0.25, 0.3) is 0 Å². The highest BCUT2D eigenvalue weighted by Gasteiger charge is 2.29. The molecule has 1 aromatic carbocycles. The van der Waals surface area contributed by atoms with Crippen LogP contribution in [-0.4, -0.2) is 9.78 Å². The molecule has 3 nitrogen and oxygen atoms in total. The predicted octanol–water partition coefficient (Wildman–Crippen LogP) is 3.27. The molecule has 0 spiro atoms. The summed E-state index contributed by atoms with van der Waals surface area (Å²) in [4.78, 5) is 0. The van der Waals surface area contributed by atoms with Gasteiger partial charge in [-0.1, -0.05) is 13.8 Å². The average molecular weight is 305 g/mol. The molecule has 2 N–H and O–H groups in total. The Bertz CT molecular complexity index is 680. The SMILES string of the molecule is CCc1nn(-c2c(F)c(F)c(F)c(F)c2F)c(CC)c1N. The fourth-order valence-corrected chi connectivity index (χ4v) is 2.08. The number of nitrogens with two attached hydrogens (primary N) is 1. The molecule has 0 fully saturated rings. The summed E-state index contributed by atoms with van der Waals surface area (Å²) in [6, 6.07) is 0. The molecule has 0 amide bonds. The van der Waals surface area contributed by atoms with Crippen LogP contribution in [0.3, 0.4) is 0 Å². The molecule has 0 saturated carbocycles. The van der Waals surface area contributed by atoms with E-state index in [1.165, 1.54) is 0 Å². The number of hydrogen-bond donors (Lipinski definition) is 1. The van der Waals surface area contributed by atoms with Crippen molar-refractivity contribution in [3.05, 3.63) is 40.5 Å². The molecule has 1 aromatic heterocycles. The van der Waals surface area contributed by atoms with Crippen molar-refractivity contribution >= 4 is 5.69 Å². The minimum absolute atomic E-state index is 0.184. The molecule has 0 unspecified atom stereocenters. The lowest BCUT2D eigenvalue weighted by molar-refractivity contribution is 0.373. The van der Waals surface area contributed by atoms with Gasteiger partial charge < -0.3 is 5.73 Å². The molecule has 0 aliphatic carbocycles. The fourth-order valence-electron chi connectivity index (χ4n) is 2.08. The molecule has 114 valence electrons. The number of nitrogens with zero attached hydrogens (tertiary/aromatic N) is 2. The first-order chi connectivity index (χ1) is 9.84. The van der Waals surface area contributed by atoms with Gasteiger partial charge in [-0.2, -0.15) is 5.10 Å². The first kappa shape index (κ1) is 15.3. The Morgan fingerprint density at radius 2 is 1.33 bits per heavy atom. The van der Waals surface area contributed by atoms with Gasteiger partial charge in [-0.25, -0.2) is 26.6 Å². The Hall–Kier alpha value is -2.12. The predicted molar refractivity (Wildman–Crippen MR) is 66.5 cm³/mol. The van der Waals surface area contributed by atoms with Gasteiger partial charge in [-0.3, -0.25) is 0 Å². The van der Waals surface area contributed by atoms with E-state index in [1.807, 2.05) is 0 Å². The van der Waals surface area contributed by atoms with Crippen molar-refractivity contribution in [3.8, 4) is 5.69 Å². The summed E-state index contributed by atoms with van der Waals surface area (Å²) in [5.41, 5.74) is 5.37. The van der Waals surface area contributed by atoms with Gasteiger partial charge in [-0.05, 0) is 12.8 Å². The van der Waals surface area contributed by atoms with Crippen molar-refractivity contribution in [3.63, 3.8) is 0 Å². The van der Waals surface area contributed by atoms with E-state index in [-0.39, 0.29) is 17.8 Å². The fraction of sp³-hybridized carbons (Fsp3) is 0.308. The van der Waals surface area contributed by atoms with Crippen molar-refractivity contribution in [2.75, 3.05) is 5.73 Å². The lowest BCUT2D eigenvalue weighted by Gasteiger charge is -2.10. The molecule has 2 rings (SSSR count). The van der Waals surface area contributed by atoms with E-state index < -0.39 is 34.8 Å². The number of rotatable bonds is 3. The summed E-state index contributed by atoms with van der Waals surface area (Å²) >= 11 is 0. The van der Waals surface area contributed by atoms with Crippen LogP contribution in [0.2, 0.25) is 0 Å². The van der Waals surface area contributed by atoms with E-state index in [0.717, 1.165) is 0 Å². The van der Waals surface area contributed by atoms with E-state index in [0.29, 0.717) is 16.8 Å². The number of halogens is 5. The summed E-state index contributed by atoms with van der Waals surface area (Å²) in [7, 11) is 0. The van der Waals surface area contributed by atoms with Gasteiger partial charge >= 0.3 is 0 Å². The molecule has 0 aliphatic heterocycles. The van der Waals surface area contributed by atoms with Gasteiger partial charge in [0.15, 0.2) is 23.3 Å². The largest absolute Gasteiger partial charge is 0.396 e. The topological polar surface area (TPSA) is 43.8 Å². The minimum atomic E-state index is -2.21. The summed E-state index contributed by atoms with van der Waals surface area (Å²) in [5.74, 6) is -10.1. The third-order valence-electron chi connectivity index (χ3n) is 3.17. The second-order valence-corrected chi connectivity index (χ2v) is 4.34. The van der Waals surface area contributed by atoms with Crippen LogP contribution in [0.1, 0.15) is 25.2 Å². The van der Waals surface area contributed by atoms with Gasteiger partial charge in [0.1, 0.15) is 5.69 Å². The van der Waals surface area contributed by atoms with Crippen LogP contribution >= 0.6 is 0 Å². The van der Waals surface area contributed by atoms with Crippen molar-refractivity contribution in [1.29, 1.82) is 0 Å². The molecule has 0 radical (unpaired) electrons. The highest BCUT2D eigenvalue weighted by atomic mass is 19.2. The number of hydrogen-bond acceptors (Lipinski definition) is 2. The molecular formula is C13H12F5N3. The lowest BCUT2D eigenvalue weighted by Crippen LogP contribution is -2.13. The zero-order chi connectivity index (χ0) is 15.9. The van der Waals surface area contributed by atoms with Crippen LogP contribution in [0, 0.1) is 29.1 Å². The number of aromatic nitrogens is 2. The van der Waals surface area contributed by atoms with Crippen molar-refractivity contribution < 1.29 is 22.0 Å². The Kier molecular flexibility index (Phi) is 3.89. The number of benzene rings is 1. The van der Waals surface area contributed by atoms with Crippen LogP contribution < -0.4 is 5.73 Å². The zero-order valence-electron chi connectivity index (χ0n) is 11.3. The molecular weight excluding hydrogens is 293 g/mol.